The first-order chi connectivity index (χ1) is 9.33. The standard InChI is InChI=1S/C14H11BN2O2/c18-12-5-6-13-11(7-12)8-16-17-14-4-2-1-3-10(14)9-19-15(13)17/h1-8,18H,9H2. The lowest BCUT2D eigenvalue weighted by atomic mass is 9.67. The number of anilines is 1. The maximum absolute atomic E-state index is 9.53. The number of hydrogen-bond acceptors (Lipinski definition) is 4. The van der Waals surface area contributed by atoms with E-state index < -0.39 is 0 Å². The summed E-state index contributed by atoms with van der Waals surface area (Å²) in [5.74, 6) is 0.245. The van der Waals surface area contributed by atoms with Gasteiger partial charge >= 0.3 is 7.05 Å². The highest BCUT2D eigenvalue weighted by atomic mass is 16.4. The summed E-state index contributed by atoms with van der Waals surface area (Å²) in [5.41, 5.74) is 4.15. The molecule has 19 heavy (non-hydrogen) atoms. The van der Waals surface area contributed by atoms with E-state index in [4.69, 9.17) is 4.65 Å². The Labute approximate surface area is 111 Å². The third-order valence-electron chi connectivity index (χ3n) is 3.51. The molecule has 0 aromatic heterocycles. The van der Waals surface area contributed by atoms with Crippen LogP contribution in [0.1, 0.15) is 11.1 Å². The summed E-state index contributed by atoms with van der Waals surface area (Å²) in [4.78, 5) is 1.89. The molecule has 1 N–H and O–H groups in total. The van der Waals surface area contributed by atoms with Crippen LogP contribution in [0.5, 0.6) is 5.75 Å². The Kier molecular flexibility index (Phi) is 2.16. The molecule has 0 spiro atoms. The van der Waals surface area contributed by atoms with Crippen LogP contribution >= 0.6 is 0 Å². The molecule has 0 aliphatic carbocycles. The molecule has 0 unspecified atom stereocenters. The molecule has 92 valence electrons. The molecule has 0 atom stereocenters. The minimum atomic E-state index is -0.213. The molecule has 5 heteroatoms. The topological polar surface area (TPSA) is 45.1 Å². The largest absolute Gasteiger partial charge is 0.508 e. The van der Waals surface area contributed by atoms with E-state index in [0.29, 0.717) is 6.61 Å². The van der Waals surface area contributed by atoms with Gasteiger partial charge in [0, 0.05) is 5.56 Å². The fraction of sp³-hybridized carbons (Fsp3) is 0.0714. The molecular formula is C14H11BN2O2. The quantitative estimate of drug-likeness (QED) is 0.720. The number of hydrogen-bond donors (Lipinski definition) is 1. The predicted octanol–water partition coefficient (Wildman–Crippen LogP) is 1.47. The lowest BCUT2D eigenvalue weighted by Crippen LogP contribution is -2.54. The summed E-state index contributed by atoms with van der Waals surface area (Å²) in [6.45, 7) is 0.577. The summed E-state index contributed by atoms with van der Waals surface area (Å²) in [6.07, 6.45) is 1.76. The molecule has 0 amide bonds. The van der Waals surface area contributed by atoms with Gasteiger partial charge in [-0.2, -0.15) is 5.10 Å². The number of phenolic OH excluding ortho intramolecular Hbond substituents is 1. The SMILES string of the molecule is Oc1ccc2c(c1)C=NN1B2OCc2ccccc21. The monoisotopic (exact) mass is 250 g/mol. The molecule has 0 saturated heterocycles. The number of fused-ring (bicyclic) bond motifs is 5. The van der Waals surface area contributed by atoms with Crippen molar-refractivity contribution < 1.29 is 9.76 Å². The van der Waals surface area contributed by atoms with E-state index in [9.17, 15) is 5.11 Å². The first-order valence-electron chi connectivity index (χ1n) is 6.18. The maximum Gasteiger partial charge on any atom is 0.474 e. The Hall–Kier alpha value is -2.27. The van der Waals surface area contributed by atoms with Gasteiger partial charge in [0.05, 0.1) is 18.5 Å². The van der Waals surface area contributed by atoms with Crippen LogP contribution < -0.4 is 10.4 Å². The Morgan fingerprint density at radius 1 is 1.21 bits per heavy atom. The van der Waals surface area contributed by atoms with Crippen LogP contribution in [0.25, 0.3) is 0 Å². The Morgan fingerprint density at radius 3 is 3.05 bits per heavy atom. The number of benzene rings is 2. The molecule has 0 fully saturated rings. The lowest BCUT2D eigenvalue weighted by Gasteiger charge is -2.35. The Morgan fingerprint density at radius 2 is 2.11 bits per heavy atom. The summed E-state index contributed by atoms with van der Waals surface area (Å²) < 4.78 is 5.91. The van der Waals surface area contributed by atoms with Gasteiger partial charge in [0.25, 0.3) is 0 Å². The third-order valence-corrected chi connectivity index (χ3v) is 3.51. The maximum atomic E-state index is 9.53. The van der Waals surface area contributed by atoms with Gasteiger partial charge in [-0.1, -0.05) is 24.3 Å². The first-order valence-corrected chi connectivity index (χ1v) is 6.18. The van der Waals surface area contributed by atoms with Crippen LogP contribution in [0.2, 0.25) is 0 Å². The number of rotatable bonds is 0. The average Bonchev–Trinajstić information content (AvgIpc) is 2.46. The van der Waals surface area contributed by atoms with E-state index in [1.165, 1.54) is 0 Å². The molecule has 0 saturated carbocycles. The number of para-hydroxylation sites is 1. The third kappa shape index (κ3) is 1.55. The van der Waals surface area contributed by atoms with E-state index in [1.54, 1.807) is 18.3 Å². The zero-order valence-electron chi connectivity index (χ0n) is 10.2. The van der Waals surface area contributed by atoms with E-state index in [0.717, 1.165) is 22.3 Å². The highest BCUT2D eigenvalue weighted by molar-refractivity contribution is 6.73. The zero-order valence-corrected chi connectivity index (χ0v) is 10.2. The second-order valence-electron chi connectivity index (χ2n) is 4.69. The van der Waals surface area contributed by atoms with Gasteiger partial charge in [-0.25, -0.2) is 0 Å². The van der Waals surface area contributed by atoms with Gasteiger partial charge in [0.1, 0.15) is 5.75 Å². The van der Waals surface area contributed by atoms with Crippen LogP contribution in [0.3, 0.4) is 0 Å². The van der Waals surface area contributed by atoms with E-state index in [2.05, 4.69) is 5.10 Å². The summed E-state index contributed by atoms with van der Waals surface area (Å²) in [6, 6.07) is 13.4. The number of aromatic hydroxyl groups is 1. The fourth-order valence-electron chi connectivity index (χ4n) is 2.59. The smallest absolute Gasteiger partial charge is 0.474 e. The zero-order chi connectivity index (χ0) is 12.8. The van der Waals surface area contributed by atoms with Gasteiger partial charge in [0.15, 0.2) is 0 Å². The molecule has 2 aromatic rings. The second-order valence-corrected chi connectivity index (χ2v) is 4.69. The fourth-order valence-corrected chi connectivity index (χ4v) is 2.59. The average molecular weight is 250 g/mol. The molecule has 2 aromatic carbocycles. The van der Waals surface area contributed by atoms with Crippen LogP contribution in [0, 0.1) is 0 Å². The molecular weight excluding hydrogens is 239 g/mol. The van der Waals surface area contributed by atoms with Crippen molar-refractivity contribution in [1.29, 1.82) is 0 Å². The Bertz CT molecular complexity index is 687. The van der Waals surface area contributed by atoms with Crippen LogP contribution in [0.15, 0.2) is 47.6 Å². The van der Waals surface area contributed by atoms with Gasteiger partial charge in [-0.15, -0.1) is 0 Å². The van der Waals surface area contributed by atoms with Crippen LogP contribution in [0.4, 0.5) is 5.69 Å². The van der Waals surface area contributed by atoms with Gasteiger partial charge in [-0.3, -0.25) is 4.92 Å². The van der Waals surface area contributed by atoms with E-state index in [1.807, 2.05) is 35.3 Å². The summed E-state index contributed by atoms with van der Waals surface area (Å²) in [5, 5.41) is 14.0. The number of nitrogens with zero attached hydrogens (tertiary/aromatic N) is 2. The van der Waals surface area contributed by atoms with Gasteiger partial charge in [0.2, 0.25) is 0 Å². The highest BCUT2D eigenvalue weighted by Gasteiger charge is 2.37. The molecule has 0 radical (unpaired) electrons. The number of hydrazone groups is 1. The van der Waals surface area contributed by atoms with Crippen molar-refractivity contribution in [2.24, 2.45) is 5.10 Å². The van der Waals surface area contributed by atoms with Crippen LogP contribution in [-0.2, 0) is 11.3 Å². The molecule has 2 heterocycles. The molecule has 2 aliphatic rings. The van der Waals surface area contributed by atoms with Gasteiger partial charge in [-0.05, 0) is 29.2 Å². The minimum absolute atomic E-state index is 0.213. The van der Waals surface area contributed by atoms with Crippen molar-refractivity contribution in [3.63, 3.8) is 0 Å². The van der Waals surface area contributed by atoms with Gasteiger partial charge < -0.3 is 9.76 Å². The van der Waals surface area contributed by atoms with E-state index >= 15 is 0 Å². The lowest BCUT2D eigenvalue weighted by molar-refractivity contribution is 0.304. The van der Waals surface area contributed by atoms with Crippen molar-refractivity contribution >= 4 is 24.4 Å². The van der Waals surface area contributed by atoms with Crippen molar-refractivity contribution in [3.05, 3.63) is 53.6 Å². The molecule has 4 nitrogen and oxygen atoms in total. The predicted molar refractivity (Wildman–Crippen MR) is 74.8 cm³/mol. The molecule has 2 aliphatic heterocycles. The van der Waals surface area contributed by atoms with Crippen molar-refractivity contribution in [2.75, 3.05) is 4.92 Å². The summed E-state index contributed by atoms with van der Waals surface area (Å²) in [7, 11) is -0.213. The molecule has 0 bridgehead atoms. The molecule has 4 rings (SSSR count). The number of phenols is 1. The van der Waals surface area contributed by atoms with Crippen molar-refractivity contribution in [1.82, 2.24) is 0 Å². The Balaban J connectivity index is 1.85. The van der Waals surface area contributed by atoms with Crippen molar-refractivity contribution in [2.45, 2.75) is 6.61 Å². The van der Waals surface area contributed by atoms with E-state index in [-0.39, 0.29) is 12.8 Å². The normalized spacial score (nSPS) is 15.8. The van der Waals surface area contributed by atoms with Crippen LogP contribution in [-0.4, -0.2) is 18.4 Å². The highest BCUT2D eigenvalue weighted by Crippen LogP contribution is 2.29. The summed E-state index contributed by atoms with van der Waals surface area (Å²) >= 11 is 0. The minimum Gasteiger partial charge on any atom is -0.508 e. The van der Waals surface area contributed by atoms with Crippen molar-refractivity contribution in [3.8, 4) is 5.75 Å². The second kappa shape index (κ2) is 3.86. The first kappa shape index (κ1) is 10.6.